The largest absolute Gasteiger partial charge is 0.371 e. The third-order valence-corrected chi connectivity index (χ3v) is 4.14. The quantitative estimate of drug-likeness (QED) is 0.728. The molecule has 16 heavy (non-hydrogen) atoms. The van der Waals surface area contributed by atoms with Crippen molar-refractivity contribution in [3.63, 3.8) is 0 Å². The molecule has 3 rings (SSSR count). The number of nitrogens with zero attached hydrogens (tertiary/aromatic N) is 1. The van der Waals surface area contributed by atoms with Crippen LogP contribution in [0.4, 0.5) is 5.69 Å². The van der Waals surface area contributed by atoms with Gasteiger partial charge in [0.15, 0.2) is 0 Å². The van der Waals surface area contributed by atoms with Crippen LogP contribution in [0.3, 0.4) is 0 Å². The maximum atomic E-state index is 4.57. The highest BCUT2D eigenvalue weighted by Crippen LogP contribution is 2.37. The first-order valence-electron chi connectivity index (χ1n) is 6.34. The van der Waals surface area contributed by atoms with Gasteiger partial charge < -0.3 is 4.90 Å². The zero-order chi connectivity index (χ0) is 11.1. The SMILES string of the molecule is CC(S)c1cc2c3c(c1)CCCN3CCC2. The van der Waals surface area contributed by atoms with Crippen molar-refractivity contribution in [2.24, 2.45) is 0 Å². The first kappa shape index (κ1) is 10.5. The first-order valence-corrected chi connectivity index (χ1v) is 6.86. The second kappa shape index (κ2) is 3.99. The number of aryl methyl sites for hydroxylation is 2. The molecule has 0 N–H and O–H groups in total. The number of hydrogen-bond donors (Lipinski definition) is 1. The zero-order valence-electron chi connectivity index (χ0n) is 9.87. The zero-order valence-corrected chi connectivity index (χ0v) is 10.8. The highest BCUT2D eigenvalue weighted by Gasteiger charge is 2.24. The summed E-state index contributed by atoms with van der Waals surface area (Å²) in [5.74, 6) is 0. The standard InChI is InChI=1S/C14H19NS/c1-10(16)13-8-11-4-2-6-15-7-3-5-12(9-13)14(11)15/h8-10,16H,2-7H2,1H3. The molecular formula is C14H19NS. The Hall–Kier alpha value is -0.630. The van der Waals surface area contributed by atoms with E-state index in [2.05, 4.69) is 36.6 Å². The van der Waals surface area contributed by atoms with Crippen LogP contribution in [-0.4, -0.2) is 13.1 Å². The fourth-order valence-electron chi connectivity index (χ4n) is 3.07. The molecule has 0 bridgehead atoms. The molecule has 2 aliphatic rings. The summed E-state index contributed by atoms with van der Waals surface area (Å²) in [4.78, 5) is 2.59. The summed E-state index contributed by atoms with van der Waals surface area (Å²) in [5, 5.41) is 0.360. The molecule has 0 saturated heterocycles. The molecule has 0 aliphatic carbocycles. The van der Waals surface area contributed by atoms with Crippen LogP contribution in [0.1, 0.15) is 41.7 Å². The fourth-order valence-corrected chi connectivity index (χ4v) is 3.22. The van der Waals surface area contributed by atoms with Crippen molar-refractivity contribution in [3.8, 4) is 0 Å². The molecule has 1 unspecified atom stereocenters. The lowest BCUT2D eigenvalue weighted by atomic mass is 9.89. The van der Waals surface area contributed by atoms with E-state index in [0.29, 0.717) is 5.25 Å². The normalized spacial score (nSPS) is 20.5. The Bertz CT molecular complexity index is 380. The van der Waals surface area contributed by atoms with Crippen LogP contribution in [0.25, 0.3) is 0 Å². The van der Waals surface area contributed by atoms with Crippen LogP contribution in [0.5, 0.6) is 0 Å². The maximum absolute atomic E-state index is 4.57. The third kappa shape index (κ3) is 1.64. The van der Waals surface area contributed by atoms with Crippen LogP contribution < -0.4 is 4.90 Å². The number of thiol groups is 1. The van der Waals surface area contributed by atoms with Gasteiger partial charge in [0.25, 0.3) is 0 Å². The van der Waals surface area contributed by atoms with E-state index >= 15 is 0 Å². The van der Waals surface area contributed by atoms with E-state index in [4.69, 9.17) is 0 Å². The van der Waals surface area contributed by atoms with Crippen molar-refractivity contribution in [3.05, 3.63) is 28.8 Å². The third-order valence-electron chi connectivity index (χ3n) is 3.84. The van der Waals surface area contributed by atoms with Crippen LogP contribution >= 0.6 is 12.6 Å². The highest BCUT2D eigenvalue weighted by atomic mass is 32.1. The summed E-state index contributed by atoms with van der Waals surface area (Å²) in [6.45, 7) is 4.69. The van der Waals surface area contributed by atoms with Crippen molar-refractivity contribution in [1.82, 2.24) is 0 Å². The molecule has 2 heterocycles. The molecule has 1 aromatic rings. The van der Waals surface area contributed by atoms with Gasteiger partial charge in [-0.2, -0.15) is 12.6 Å². The minimum atomic E-state index is 0.360. The van der Waals surface area contributed by atoms with Crippen molar-refractivity contribution in [1.29, 1.82) is 0 Å². The molecular weight excluding hydrogens is 214 g/mol. The summed E-state index contributed by atoms with van der Waals surface area (Å²) in [7, 11) is 0. The minimum Gasteiger partial charge on any atom is -0.371 e. The van der Waals surface area contributed by atoms with E-state index in [1.807, 2.05) is 0 Å². The molecule has 2 heteroatoms. The summed E-state index contributed by atoms with van der Waals surface area (Å²) < 4.78 is 0. The lowest BCUT2D eigenvalue weighted by Gasteiger charge is -2.37. The number of hydrogen-bond acceptors (Lipinski definition) is 2. The van der Waals surface area contributed by atoms with Crippen molar-refractivity contribution in [2.75, 3.05) is 18.0 Å². The number of anilines is 1. The van der Waals surface area contributed by atoms with E-state index in [9.17, 15) is 0 Å². The molecule has 0 radical (unpaired) electrons. The summed E-state index contributed by atoms with van der Waals surface area (Å²) in [6, 6.07) is 4.77. The van der Waals surface area contributed by atoms with Gasteiger partial charge >= 0.3 is 0 Å². The summed E-state index contributed by atoms with van der Waals surface area (Å²) in [6.07, 6.45) is 5.15. The van der Waals surface area contributed by atoms with E-state index in [1.165, 1.54) is 44.3 Å². The predicted octanol–water partition coefficient (Wildman–Crippen LogP) is 3.38. The maximum Gasteiger partial charge on any atom is 0.0431 e. The molecule has 0 aromatic heterocycles. The van der Waals surface area contributed by atoms with E-state index in [1.54, 1.807) is 16.8 Å². The van der Waals surface area contributed by atoms with E-state index < -0.39 is 0 Å². The average Bonchev–Trinajstić information content (AvgIpc) is 2.29. The topological polar surface area (TPSA) is 3.24 Å². The molecule has 2 aliphatic heterocycles. The Kier molecular flexibility index (Phi) is 2.62. The minimum absolute atomic E-state index is 0.360. The predicted molar refractivity (Wildman–Crippen MR) is 72.7 cm³/mol. The monoisotopic (exact) mass is 233 g/mol. The molecule has 0 amide bonds. The van der Waals surface area contributed by atoms with Crippen molar-refractivity contribution in [2.45, 2.75) is 37.9 Å². The summed E-state index contributed by atoms with van der Waals surface area (Å²) >= 11 is 4.57. The van der Waals surface area contributed by atoms with Gasteiger partial charge in [-0.1, -0.05) is 12.1 Å². The molecule has 0 fully saturated rings. The van der Waals surface area contributed by atoms with Gasteiger partial charge in [0.05, 0.1) is 0 Å². The Morgan fingerprint density at radius 3 is 2.19 bits per heavy atom. The molecule has 1 aromatic carbocycles. The Balaban J connectivity index is 2.13. The highest BCUT2D eigenvalue weighted by molar-refractivity contribution is 7.80. The molecule has 0 spiro atoms. The number of benzene rings is 1. The lowest BCUT2D eigenvalue weighted by molar-refractivity contribution is 0.633. The van der Waals surface area contributed by atoms with Crippen LogP contribution in [0, 0.1) is 0 Å². The molecule has 0 saturated carbocycles. The molecule has 1 atom stereocenters. The van der Waals surface area contributed by atoms with Gasteiger partial charge in [-0.25, -0.2) is 0 Å². The van der Waals surface area contributed by atoms with Crippen LogP contribution in [0.15, 0.2) is 12.1 Å². The molecule has 1 nitrogen and oxygen atoms in total. The first-order chi connectivity index (χ1) is 7.75. The van der Waals surface area contributed by atoms with E-state index in [0.717, 1.165) is 0 Å². The second-order valence-corrected chi connectivity index (χ2v) is 5.83. The van der Waals surface area contributed by atoms with Crippen molar-refractivity contribution >= 4 is 18.3 Å². The van der Waals surface area contributed by atoms with Crippen LogP contribution in [-0.2, 0) is 12.8 Å². The lowest BCUT2D eigenvalue weighted by Crippen LogP contribution is -2.34. The Morgan fingerprint density at radius 1 is 1.12 bits per heavy atom. The van der Waals surface area contributed by atoms with Gasteiger partial charge in [0, 0.05) is 24.0 Å². The van der Waals surface area contributed by atoms with Gasteiger partial charge in [0.2, 0.25) is 0 Å². The Morgan fingerprint density at radius 2 is 1.69 bits per heavy atom. The average molecular weight is 233 g/mol. The van der Waals surface area contributed by atoms with Gasteiger partial charge in [0.1, 0.15) is 0 Å². The van der Waals surface area contributed by atoms with Crippen LogP contribution in [0.2, 0.25) is 0 Å². The number of rotatable bonds is 1. The fraction of sp³-hybridized carbons (Fsp3) is 0.571. The summed E-state index contributed by atoms with van der Waals surface area (Å²) in [5.41, 5.74) is 6.11. The second-order valence-electron chi connectivity index (χ2n) is 5.06. The van der Waals surface area contributed by atoms with Gasteiger partial charge in [-0.3, -0.25) is 0 Å². The smallest absolute Gasteiger partial charge is 0.0431 e. The van der Waals surface area contributed by atoms with Gasteiger partial charge in [-0.05, 0) is 49.3 Å². The Labute approximate surface area is 103 Å². The van der Waals surface area contributed by atoms with Crippen molar-refractivity contribution < 1.29 is 0 Å². The van der Waals surface area contributed by atoms with Gasteiger partial charge in [-0.15, -0.1) is 0 Å². The molecule has 86 valence electrons. The van der Waals surface area contributed by atoms with E-state index in [-0.39, 0.29) is 0 Å².